The Morgan fingerprint density at radius 1 is 1.47 bits per heavy atom. The van der Waals surface area contributed by atoms with Crippen LogP contribution in [-0.2, 0) is 0 Å². The minimum absolute atomic E-state index is 0.134. The molecule has 2 rings (SSSR count). The summed E-state index contributed by atoms with van der Waals surface area (Å²) in [5, 5.41) is 8.79. The molecular formula is C12H17NO4. The van der Waals surface area contributed by atoms with Crippen LogP contribution in [0.5, 0.6) is 17.2 Å². The molecule has 0 saturated heterocycles. The average molecular weight is 239 g/mol. The molecule has 1 aromatic rings. The Kier molecular flexibility index (Phi) is 3.71. The molecule has 3 N–H and O–H groups in total. The van der Waals surface area contributed by atoms with Crippen molar-refractivity contribution in [2.24, 2.45) is 5.73 Å². The van der Waals surface area contributed by atoms with Crippen LogP contribution in [0.4, 0.5) is 0 Å². The maximum Gasteiger partial charge on any atom is 0.231 e. The first-order chi connectivity index (χ1) is 8.26. The number of methoxy groups -OCH3 is 1. The van der Waals surface area contributed by atoms with E-state index >= 15 is 0 Å². The van der Waals surface area contributed by atoms with E-state index in [0.717, 1.165) is 12.0 Å². The zero-order valence-electron chi connectivity index (χ0n) is 9.81. The monoisotopic (exact) mass is 239 g/mol. The number of aliphatic hydroxyl groups is 1. The van der Waals surface area contributed by atoms with Crippen molar-refractivity contribution in [1.29, 1.82) is 0 Å². The smallest absolute Gasteiger partial charge is 0.231 e. The predicted molar refractivity (Wildman–Crippen MR) is 62.4 cm³/mol. The van der Waals surface area contributed by atoms with Crippen molar-refractivity contribution < 1.29 is 19.3 Å². The molecule has 94 valence electrons. The summed E-state index contributed by atoms with van der Waals surface area (Å²) in [5.41, 5.74) is 6.97. The quantitative estimate of drug-likeness (QED) is 0.807. The van der Waals surface area contributed by atoms with Crippen LogP contribution in [0.25, 0.3) is 0 Å². The lowest BCUT2D eigenvalue weighted by Gasteiger charge is -2.14. The molecule has 1 aromatic carbocycles. The second kappa shape index (κ2) is 5.25. The molecule has 0 amide bonds. The lowest BCUT2D eigenvalue weighted by molar-refractivity contribution is 0.171. The highest BCUT2D eigenvalue weighted by Gasteiger charge is 2.21. The van der Waals surface area contributed by atoms with E-state index < -0.39 is 0 Å². The van der Waals surface area contributed by atoms with Crippen LogP contribution in [0.15, 0.2) is 12.1 Å². The Hall–Kier alpha value is -1.46. The van der Waals surface area contributed by atoms with E-state index in [4.69, 9.17) is 25.1 Å². The van der Waals surface area contributed by atoms with E-state index in [1.54, 1.807) is 7.11 Å². The third-order valence-corrected chi connectivity index (χ3v) is 2.78. The third-order valence-electron chi connectivity index (χ3n) is 2.78. The molecule has 0 spiro atoms. The van der Waals surface area contributed by atoms with E-state index in [9.17, 15) is 0 Å². The molecular weight excluding hydrogens is 222 g/mol. The van der Waals surface area contributed by atoms with E-state index in [2.05, 4.69) is 0 Å². The third kappa shape index (κ3) is 2.45. The lowest BCUT2D eigenvalue weighted by Crippen LogP contribution is -2.11. The highest BCUT2D eigenvalue weighted by Crippen LogP contribution is 2.43. The summed E-state index contributed by atoms with van der Waals surface area (Å²) in [7, 11) is 1.58. The van der Waals surface area contributed by atoms with Gasteiger partial charge in [-0.25, -0.2) is 0 Å². The fourth-order valence-electron chi connectivity index (χ4n) is 1.84. The van der Waals surface area contributed by atoms with Gasteiger partial charge in [-0.1, -0.05) is 0 Å². The van der Waals surface area contributed by atoms with Crippen LogP contribution in [0.1, 0.15) is 24.4 Å². The van der Waals surface area contributed by atoms with Crippen molar-refractivity contribution in [1.82, 2.24) is 0 Å². The molecule has 0 aliphatic carbocycles. The maximum absolute atomic E-state index is 8.79. The molecule has 1 atom stereocenters. The fraction of sp³-hybridized carbons (Fsp3) is 0.500. The summed E-state index contributed by atoms with van der Waals surface area (Å²) >= 11 is 0. The van der Waals surface area contributed by atoms with Crippen LogP contribution in [0, 0.1) is 0 Å². The molecule has 1 aliphatic rings. The highest BCUT2D eigenvalue weighted by atomic mass is 16.7. The highest BCUT2D eigenvalue weighted by molar-refractivity contribution is 5.55. The van der Waals surface area contributed by atoms with Gasteiger partial charge in [-0.15, -0.1) is 0 Å². The van der Waals surface area contributed by atoms with Crippen molar-refractivity contribution in [3.8, 4) is 17.2 Å². The van der Waals surface area contributed by atoms with Gasteiger partial charge in [-0.05, 0) is 30.5 Å². The molecule has 5 heteroatoms. The van der Waals surface area contributed by atoms with Crippen molar-refractivity contribution >= 4 is 0 Å². The molecule has 1 heterocycles. The van der Waals surface area contributed by atoms with Crippen LogP contribution in [0.3, 0.4) is 0 Å². The normalized spacial score (nSPS) is 14.8. The standard InChI is InChI=1S/C12H17NO4/c1-15-10-5-8(9(13)3-2-4-14)6-11-12(10)17-7-16-11/h5-6,9,14H,2-4,7,13H2,1H3/t9-/m0/s1. The Labute approximate surface area is 100 Å². The van der Waals surface area contributed by atoms with Gasteiger partial charge in [-0.2, -0.15) is 0 Å². The Balaban J connectivity index is 2.23. The molecule has 17 heavy (non-hydrogen) atoms. The SMILES string of the molecule is COc1cc([C@@H](N)CCCO)cc2c1OCO2. The van der Waals surface area contributed by atoms with Gasteiger partial charge in [0.2, 0.25) is 12.5 Å². The van der Waals surface area contributed by atoms with Gasteiger partial charge >= 0.3 is 0 Å². The number of aliphatic hydroxyl groups excluding tert-OH is 1. The van der Waals surface area contributed by atoms with Crippen LogP contribution < -0.4 is 19.9 Å². The van der Waals surface area contributed by atoms with Crippen molar-refractivity contribution in [2.75, 3.05) is 20.5 Å². The number of benzene rings is 1. The maximum atomic E-state index is 8.79. The first-order valence-corrected chi connectivity index (χ1v) is 5.60. The zero-order valence-corrected chi connectivity index (χ0v) is 9.81. The lowest BCUT2D eigenvalue weighted by atomic mass is 10.0. The zero-order chi connectivity index (χ0) is 12.3. The van der Waals surface area contributed by atoms with Crippen LogP contribution in [-0.4, -0.2) is 25.6 Å². The van der Waals surface area contributed by atoms with Gasteiger partial charge in [0, 0.05) is 12.6 Å². The van der Waals surface area contributed by atoms with Gasteiger partial charge in [-0.3, -0.25) is 0 Å². The number of nitrogens with two attached hydrogens (primary N) is 1. The molecule has 5 nitrogen and oxygen atoms in total. The summed E-state index contributed by atoms with van der Waals surface area (Å²) in [5.74, 6) is 1.93. The van der Waals surface area contributed by atoms with E-state index in [1.807, 2.05) is 12.1 Å². The molecule has 0 saturated carbocycles. The molecule has 1 aliphatic heterocycles. The summed E-state index contributed by atoms with van der Waals surface area (Å²) in [6.07, 6.45) is 1.40. The number of ether oxygens (including phenoxy) is 3. The van der Waals surface area contributed by atoms with E-state index in [0.29, 0.717) is 23.7 Å². The van der Waals surface area contributed by atoms with E-state index in [1.165, 1.54) is 0 Å². The first-order valence-electron chi connectivity index (χ1n) is 5.60. The van der Waals surface area contributed by atoms with Gasteiger partial charge in [0.05, 0.1) is 7.11 Å². The van der Waals surface area contributed by atoms with Crippen molar-refractivity contribution in [2.45, 2.75) is 18.9 Å². The summed E-state index contributed by atoms with van der Waals surface area (Å²) in [6.45, 7) is 0.358. The Morgan fingerprint density at radius 3 is 3.00 bits per heavy atom. The van der Waals surface area contributed by atoms with Gasteiger partial charge in [0.25, 0.3) is 0 Å². The second-order valence-corrected chi connectivity index (χ2v) is 3.93. The second-order valence-electron chi connectivity index (χ2n) is 3.93. The topological polar surface area (TPSA) is 73.9 Å². The van der Waals surface area contributed by atoms with Crippen molar-refractivity contribution in [3.63, 3.8) is 0 Å². The minimum Gasteiger partial charge on any atom is -0.493 e. The predicted octanol–water partition coefficient (Wildman–Crippen LogP) is 1.20. The Morgan fingerprint density at radius 2 is 2.29 bits per heavy atom. The molecule has 0 bridgehead atoms. The van der Waals surface area contributed by atoms with Crippen LogP contribution >= 0.6 is 0 Å². The van der Waals surface area contributed by atoms with E-state index in [-0.39, 0.29) is 19.4 Å². The first kappa shape index (κ1) is 12.0. The molecule has 0 radical (unpaired) electrons. The molecule has 0 unspecified atom stereocenters. The minimum atomic E-state index is -0.134. The fourth-order valence-corrected chi connectivity index (χ4v) is 1.84. The van der Waals surface area contributed by atoms with Gasteiger partial charge in [0.1, 0.15) is 0 Å². The number of fused-ring (bicyclic) bond motifs is 1. The average Bonchev–Trinajstić information content (AvgIpc) is 2.82. The number of hydrogen-bond donors (Lipinski definition) is 2. The largest absolute Gasteiger partial charge is 0.493 e. The number of rotatable bonds is 5. The molecule has 0 aromatic heterocycles. The summed E-state index contributed by atoms with van der Waals surface area (Å²) in [6, 6.07) is 3.59. The summed E-state index contributed by atoms with van der Waals surface area (Å²) < 4.78 is 15.9. The van der Waals surface area contributed by atoms with Crippen molar-refractivity contribution in [3.05, 3.63) is 17.7 Å². The number of hydrogen-bond acceptors (Lipinski definition) is 5. The molecule has 0 fully saturated rings. The van der Waals surface area contributed by atoms with Gasteiger partial charge < -0.3 is 25.1 Å². The Bertz CT molecular complexity index is 394. The van der Waals surface area contributed by atoms with Crippen LogP contribution in [0.2, 0.25) is 0 Å². The van der Waals surface area contributed by atoms with Gasteiger partial charge in [0.15, 0.2) is 11.5 Å². The summed E-state index contributed by atoms with van der Waals surface area (Å²) in [4.78, 5) is 0.